The van der Waals surface area contributed by atoms with Crippen molar-refractivity contribution in [3.63, 3.8) is 0 Å². The lowest BCUT2D eigenvalue weighted by molar-refractivity contribution is -0.572. The minimum atomic E-state index is 0. The van der Waals surface area contributed by atoms with Crippen LogP contribution in [0.4, 0.5) is 0 Å². The van der Waals surface area contributed by atoms with Gasteiger partial charge in [-0.15, -0.1) is 0 Å². The van der Waals surface area contributed by atoms with Crippen molar-refractivity contribution in [2.75, 3.05) is 6.54 Å². The maximum atomic E-state index is 12.0. The van der Waals surface area contributed by atoms with Crippen LogP contribution in [0.2, 0.25) is 0 Å². The van der Waals surface area contributed by atoms with Gasteiger partial charge in [0.25, 0.3) is 0 Å². The van der Waals surface area contributed by atoms with E-state index in [0.29, 0.717) is 17.7 Å². The Labute approximate surface area is 130 Å². The van der Waals surface area contributed by atoms with Gasteiger partial charge in [-0.05, 0) is 31.1 Å². The molecule has 0 bridgehead atoms. The molecular weight excluding hydrogens is 302 g/mol. The van der Waals surface area contributed by atoms with Crippen molar-refractivity contribution in [1.82, 2.24) is 0 Å². The highest BCUT2D eigenvalue weighted by atomic mass is 79.9. The summed E-state index contributed by atoms with van der Waals surface area (Å²) in [7, 11) is 0. The molecule has 0 aromatic carbocycles. The van der Waals surface area contributed by atoms with Gasteiger partial charge in [-0.3, -0.25) is 5.32 Å². The Morgan fingerprint density at radius 1 is 1.05 bits per heavy atom. The number of nitrogens with two attached hydrogens (primary N) is 1. The number of amides is 1. The number of quaternary nitrogens is 1. The molecule has 116 valence electrons. The summed E-state index contributed by atoms with van der Waals surface area (Å²) in [4.78, 5) is 12.0. The van der Waals surface area contributed by atoms with E-state index in [1.54, 1.807) is 0 Å². The van der Waals surface area contributed by atoms with Gasteiger partial charge in [0.05, 0.1) is 12.5 Å². The first-order valence-electron chi connectivity index (χ1n) is 7.77. The summed E-state index contributed by atoms with van der Waals surface area (Å²) < 4.78 is 0. The fourth-order valence-corrected chi connectivity index (χ4v) is 2.25. The maximum Gasteiger partial charge on any atom is 0.313 e. The Morgan fingerprint density at radius 3 is 2.11 bits per heavy atom. The predicted molar refractivity (Wildman–Crippen MR) is 78.3 cm³/mol. The lowest BCUT2D eigenvalue weighted by atomic mass is 9.81. The molecule has 0 rings (SSSR count). The molecule has 0 saturated carbocycles. The van der Waals surface area contributed by atoms with E-state index < -0.39 is 0 Å². The molecule has 0 aromatic heterocycles. The fraction of sp³-hybridized carbons (Fsp3) is 0.938. The molecular formula is C16H34BrNO. The topological polar surface area (TPSA) is 33.7 Å². The molecule has 3 atom stereocenters. The first-order valence-corrected chi connectivity index (χ1v) is 7.77. The lowest BCUT2D eigenvalue weighted by Gasteiger charge is -2.24. The number of carbonyl (C=O) groups excluding carboxylic acids is 1. The molecule has 0 aliphatic carbocycles. The Bertz CT molecular complexity index is 231. The molecule has 2 nitrogen and oxygen atoms in total. The second-order valence-corrected chi connectivity index (χ2v) is 6.34. The van der Waals surface area contributed by atoms with E-state index in [0.717, 1.165) is 18.9 Å². The zero-order chi connectivity index (χ0) is 14.1. The van der Waals surface area contributed by atoms with E-state index in [1.807, 2.05) is 5.32 Å². The van der Waals surface area contributed by atoms with Crippen molar-refractivity contribution in [3.8, 4) is 0 Å². The number of hydrogen-bond donors (Lipinski definition) is 1. The minimum absolute atomic E-state index is 0. The van der Waals surface area contributed by atoms with Crippen molar-refractivity contribution in [1.29, 1.82) is 0 Å². The Balaban J connectivity index is 0. The molecule has 0 fully saturated rings. The largest absolute Gasteiger partial charge is 1.00 e. The third-order valence-corrected chi connectivity index (χ3v) is 4.24. The summed E-state index contributed by atoms with van der Waals surface area (Å²) in [6, 6.07) is 0. The Morgan fingerprint density at radius 2 is 1.63 bits per heavy atom. The van der Waals surface area contributed by atoms with Crippen LogP contribution in [0.3, 0.4) is 0 Å². The first-order chi connectivity index (χ1) is 8.40. The van der Waals surface area contributed by atoms with Crippen molar-refractivity contribution in [2.24, 2.45) is 23.7 Å². The smallest absolute Gasteiger partial charge is 0.313 e. The van der Waals surface area contributed by atoms with E-state index in [-0.39, 0.29) is 22.9 Å². The normalized spacial score (nSPS) is 15.7. The van der Waals surface area contributed by atoms with Crippen molar-refractivity contribution in [3.05, 3.63) is 0 Å². The average molecular weight is 336 g/mol. The van der Waals surface area contributed by atoms with E-state index in [2.05, 4.69) is 41.5 Å². The summed E-state index contributed by atoms with van der Waals surface area (Å²) in [5, 5.41) is 1.92. The average Bonchev–Trinajstić information content (AvgIpc) is 2.34. The molecule has 0 aliphatic heterocycles. The van der Waals surface area contributed by atoms with Crippen LogP contribution in [-0.4, -0.2) is 12.5 Å². The highest BCUT2D eigenvalue weighted by Gasteiger charge is 2.27. The quantitative estimate of drug-likeness (QED) is 0.601. The monoisotopic (exact) mass is 335 g/mol. The molecule has 0 spiro atoms. The number of carbonyl (C=O) groups is 1. The summed E-state index contributed by atoms with van der Waals surface area (Å²) in [5.74, 6) is 2.44. The number of halogens is 1. The summed E-state index contributed by atoms with van der Waals surface area (Å²) >= 11 is 0. The van der Waals surface area contributed by atoms with Crippen LogP contribution in [0.15, 0.2) is 0 Å². The maximum absolute atomic E-state index is 12.0. The molecule has 2 N–H and O–H groups in total. The number of unbranched alkanes of at least 4 members (excludes halogenated alkanes) is 1. The van der Waals surface area contributed by atoms with Crippen molar-refractivity contribution in [2.45, 2.75) is 67.2 Å². The first kappa shape index (κ1) is 21.4. The third-order valence-electron chi connectivity index (χ3n) is 4.24. The van der Waals surface area contributed by atoms with Gasteiger partial charge in [-0.1, -0.05) is 53.9 Å². The number of primary amides is 1. The van der Waals surface area contributed by atoms with Gasteiger partial charge in [-0.2, -0.15) is 0 Å². The van der Waals surface area contributed by atoms with Gasteiger partial charge in [0.15, 0.2) is 0 Å². The predicted octanol–water partition coefficient (Wildman–Crippen LogP) is 0.225. The molecule has 0 saturated heterocycles. The van der Waals surface area contributed by atoms with Crippen LogP contribution < -0.4 is 22.3 Å². The molecule has 0 radical (unpaired) electrons. The standard InChI is InChI=1S/C16H33NO.BrH/c1-7-8-11-17-16(18)15(6)14(5)13(4)10-9-12(2)3;/h12-15H,7-11H2,1-6H3,(H,17,18);1H. The van der Waals surface area contributed by atoms with Gasteiger partial charge in [-0.25, -0.2) is 4.79 Å². The minimum Gasteiger partial charge on any atom is -1.00 e. The van der Waals surface area contributed by atoms with Crippen molar-refractivity contribution < 1.29 is 27.1 Å². The van der Waals surface area contributed by atoms with Gasteiger partial charge in [0.1, 0.15) is 0 Å². The second kappa shape index (κ2) is 11.9. The van der Waals surface area contributed by atoms with E-state index >= 15 is 0 Å². The summed E-state index contributed by atoms with van der Waals surface area (Å²) in [6.07, 6.45) is 4.81. The van der Waals surface area contributed by atoms with Gasteiger partial charge in [0.2, 0.25) is 0 Å². The van der Waals surface area contributed by atoms with Crippen LogP contribution in [0.25, 0.3) is 0 Å². The molecule has 19 heavy (non-hydrogen) atoms. The number of rotatable bonds is 9. The molecule has 3 heteroatoms. The molecule has 3 unspecified atom stereocenters. The van der Waals surface area contributed by atoms with Crippen LogP contribution in [-0.2, 0) is 4.79 Å². The van der Waals surface area contributed by atoms with Crippen LogP contribution >= 0.6 is 0 Å². The highest BCUT2D eigenvalue weighted by molar-refractivity contribution is 5.68. The van der Waals surface area contributed by atoms with Gasteiger partial charge >= 0.3 is 5.91 Å². The second-order valence-electron chi connectivity index (χ2n) is 6.34. The summed E-state index contributed by atoms with van der Waals surface area (Å²) in [6.45, 7) is 14.3. The van der Waals surface area contributed by atoms with E-state index in [9.17, 15) is 4.79 Å². The Hall–Kier alpha value is 0.110. The molecule has 0 aliphatic rings. The van der Waals surface area contributed by atoms with Crippen molar-refractivity contribution >= 4 is 5.91 Å². The van der Waals surface area contributed by atoms with Crippen LogP contribution in [0, 0.1) is 23.7 Å². The zero-order valence-electron chi connectivity index (χ0n) is 13.7. The fourth-order valence-electron chi connectivity index (χ4n) is 2.25. The lowest BCUT2D eigenvalue weighted by Crippen LogP contribution is -3.00. The summed E-state index contributed by atoms with van der Waals surface area (Å²) in [5.41, 5.74) is 0. The van der Waals surface area contributed by atoms with Crippen LogP contribution in [0.1, 0.15) is 67.2 Å². The van der Waals surface area contributed by atoms with E-state index in [4.69, 9.17) is 0 Å². The number of hydrogen-bond acceptors (Lipinski definition) is 1. The Kier molecular flexibility index (Phi) is 13.4. The van der Waals surface area contributed by atoms with Gasteiger partial charge < -0.3 is 17.0 Å². The highest BCUT2D eigenvalue weighted by Crippen LogP contribution is 2.25. The molecule has 0 heterocycles. The molecule has 1 amide bonds. The van der Waals surface area contributed by atoms with E-state index in [1.165, 1.54) is 19.3 Å². The molecule has 0 aromatic rings. The zero-order valence-corrected chi connectivity index (χ0v) is 15.3. The van der Waals surface area contributed by atoms with Gasteiger partial charge in [0, 0.05) is 0 Å². The SMILES string of the molecule is CCCC[NH2+]C(=O)C(C)C(C)C(C)CCC(C)C.[Br-]. The third kappa shape index (κ3) is 9.61. The van der Waals surface area contributed by atoms with Crippen LogP contribution in [0.5, 0.6) is 0 Å².